The normalized spacial score (nSPS) is 25.3. The van der Waals surface area contributed by atoms with Gasteiger partial charge in [-0.25, -0.2) is 0 Å². The smallest absolute Gasteiger partial charge is 0.306 e. The van der Waals surface area contributed by atoms with E-state index in [1.807, 2.05) is 4.90 Å². The second-order valence-electron chi connectivity index (χ2n) is 7.58. The third-order valence-electron chi connectivity index (χ3n) is 5.05. The number of piperidine rings is 1. The van der Waals surface area contributed by atoms with Gasteiger partial charge >= 0.3 is 5.97 Å². The van der Waals surface area contributed by atoms with Gasteiger partial charge in [-0.05, 0) is 37.1 Å². The second kappa shape index (κ2) is 6.34. The van der Waals surface area contributed by atoms with Crippen LogP contribution in [0.4, 0.5) is 0 Å². The van der Waals surface area contributed by atoms with E-state index in [0.717, 1.165) is 19.5 Å². The standard InChI is InChI=1S/C16H28N2O3/c1-16(2,3)13-6-7-17(10-13)11-14(19)18-8-4-12(5-9-18)15(20)21/h12-13H,4-11H2,1-3H3,(H,20,21). The topological polar surface area (TPSA) is 60.9 Å². The zero-order valence-electron chi connectivity index (χ0n) is 13.5. The minimum Gasteiger partial charge on any atom is -0.481 e. The van der Waals surface area contributed by atoms with Gasteiger partial charge in [-0.15, -0.1) is 0 Å². The molecule has 2 aliphatic rings. The maximum Gasteiger partial charge on any atom is 0.306 e. The fraction of sp³-hybridized carbons (Fsp3) is 0.875. The van der Waals surface area contributed by atoms with Gasteiger partial charge in [0.15, 0.2) is 0 Å². The number of nitrogens with zero attached hydrogens (tertiary/aromatic N) is 2. The van der Waals surface area contributed by atoms with Crippen LogP contribution in [0.5, 0.6) is 0 Å². The summed E-state index contributed by atoms with van der Waals surface area (Å²) in [5.41, 5.74) is 0.303. The van der Waals surface area contributed by atoms with E-state index in [1.54, 1.807) is 0 Å². The van der Waals surface area contributed by atoms with Gasteiger partial charge in [0.05, 0.1) is 12.5 Å². The van der Waals surface area contributed by atoms with Gasteiger partial charge in [0, 0.05) is 19.6 Å². The summed E-state index contributed by atoms with van der Waals surface area (Å²) < 4.78 is 0. The van der Waals surface area contributed by atoms with Gasteiger partial charge < -0.3 is 10.0 Å². The summed E-state index contributed by atoms with van der Waals surface area (Å²) in [5.74, 6) is -0.183. The van der Waals surface area contributed by atoms with Crippen molar-refractivity contribution in [3.63, 3.8) is 0 Å². The SMILES string of the molecule is CC(C)(C)C1CCN(CC(=O)N2CCC(C(=O)O)CC2)C1. The van der Waals surface area contributed by atoms with E-state index in [2.05, 4.69) is 25.7 Å². The molecule has 2 fully saturated rings. The summed E-state index contributed by atoms with van der Waals surface area (Å²) in [4.78, 5) is 27.3. The van der Waals surface area contributed by atoms with Crippen molar-refractivity contribution in [2.75, 3.05) is 32.7 Å². The molecular formula is C16H28N2O3. The number of likely N-dealkylation sites (tertiary alicyclic amines) is 2. The molecule has 2 rings (SSSR count). The van der Waals surface area contributed by atoms with Crippen LogP contribution in [0.1, 0.15) is 40.0 Å². The van der Waals surface area contributed by atoms with Crippen LogP contribution in [0.15, 0.2) is 0 Å². The molecule has 0 spiro atoms. The lowest BCUT2D eigenvalue weighted by Crippen LogP contribution is -2.44. The van der Waals surface area contributed by atoms with E-state index in [1.165, 1.54) is 0 Å². The largest absolute Gasteiger partial charge is 0.481 e. The number of carbonyl (C=O) groups is 2. The predicted molar refractivity (Wildman–Crippen MR) is 80.9 cm³/mol. The maximum absolute atomic E-state index is 12.3. The number of aliphatic carboxylic acids is 1. The Bertz CT molecular complexity index is 395. The van der Waals surface area contributed by atoms with E-state index in [9.17, 15) is 9.59 Å². The molecule has 5 nitrogen and oxygen atoms in total. The number of carbonyl (C=O) groups excluding carboxylic acids is 1. The Morgan fingerprint density at radius 1 is 1.10 bits per heavy atom. The van der Waals surface area contributed by atoms with Gasteiger partial charge in [0.1, 0.15) is 0 Å². The number of rotatable bonds is 3. The van der Waals surface area contributed by atoms with E-state index >= 15 is 0 Å². The molecule has 1 atom stereocenters. The molecule has 0 aromatic rings. The van der Waals surface area contributed by atoms with Crippen molar-refractivity contribution in [1.29, 1.82) is 0 Å². The molecule has 2 heterocycles. The highest BCUT2D eigenvalue weighted by Crippen LogP contribution is 2.33. The molecule has 120 valence electrons. The number of amides is 1. The molecule has 0 aliphatic carbocycles. The van der Waals surface area contributed by atoms with Crippen molar-refractivity contribution in [3.8, 4) is 0 Å². The second-order valence-corrected chi connectivity index (χ2v) is 7.58. The lowest BCUT2D eigenvalue weighted by molar-refractivity contribution is -0.145. The van der Waals surface area contributed by atoms with Crippen LogP contribution in [0.3, 0.4) is 0 Å². The number of hydrogen-bond donors (Lipinski definition) is 1. The van der Waals surface area contributed by atoms with Crippen LogP contribution in [-0.4, -0.2) is 59.5 Å². The molecule has 21 heavy (non-hydrogen) atoms. The minimum absolute atomic E-state index is 0.161. The summed E-state index contributed by atoms with van der Waals surface area (Å²) in [5, 5.41) is 8.99. The monoisotopic (exact) mass is 296 g/mol. The first-order chi connectivity index (χ1) is 9.77. The van der Waals surface area contributed by atoms with Gasteiger partial charge in [0.25, 0.3) is 0 Å². The van der Waals surface area contributed by atoms with Gasteiger partial charge in [-0.1, -0.05) is 20.8 Å². The Morgan fingerprint density at radius 2 is 1.71 bits per heavy atom. The molecular weight excluding hydrogens is 268 g/mol. The van der Waals surface area contributed by atoms with E-state index in [4.69, 9.17) is 5.11 Å². The fourth-order valence-electron chi connectivity index (χ4n) is 3.35. The average molecular weight is 296 g/mol. The molecule has 1 unspecified atom stereocenters. The molecule has 0 bridgehead atoms. The molecule has 2 aliphatic heterocycles. The van der Waals surface area contributed by atoms with E-state index in [-0.39, 0.29) is 11.8 Å². The molecule has 0 aromatic carbocycles. The van der Waals surface area contributed by atoms with Gasteiger partial charge in [0.2, 0.25) is 5.91 Å². The van der Waals surface area contributed by atoms with Crippen molar-refractivity contribution in [2.24, 2.45) is 17.3 Å². The molecule has 2 saturated heterocycles. The van der Waals surface area contributed by atoms with Crippen LogP contribution < -0.4 is 0 Å². The van der Waals surface area contributed by atoms with Crippen molar-refractivity contribution in [3.05, 3.63) is 0 Å². The molecule has 1 N–H and O–H groups in total. The quantitative estimate of drug-likeness (QED) is 0.861. The Morgan fingerprint density at radius 3 is 2.19 bits per heavy atom. The third kappa shape index (κ3) is 4.19. The van der Waals surface area contributed by atoms with Crippen LogP contribution in [0.2, 0.25) is 0 Å². The Kier molecular flexibility index (Phi) is 4.91. The highest BCUT2D eigenvalue weighted by atomic mass is 16.4. The van der Waals surface area contributed by atoms with Crippen molar-refractivity contribution >= 4 is 11.9 Å². The number of carboxylic acids is 1. The highest BCUT2D eigenvalue weighted by Gasteiger charge is 2.33. The predicted octanol–water partition coefficient (Wildman–Crippen LogP) is 1.68. The fourth-order valence-corrected chi connectivity index (χ4v) is 3.35. The van der Waals surface area contributed by atoms with Crippen LogP contribution in [0, 0.1) is 17.3 Å². The van der Waals surface area contributed by atoms with E-state index < -0.39 is 5.97 Å². The van der Waals surface area contributed by atoms with Gasteiger partial charge in [-0.2, -0.15) is 0 Å². The van der Waals surface area contributed by atoms with Crippen LogP contribution in [0.25, 0.3) is 0 Å². The zero-order valence-corrected chi connectivity index (χ0v) is 13.5. The summed E-state index contributed by atoms with van der Waals surface area (Å²) in [6.45, 7) is 10.5. The molecule has 5 heteroatoms. The van der Waals surface area contributed by atoms with Crippen LogP contribution in [-0.2, 0) is 9.59 Å². The Hall–Kier alpha value is -1.10. The Balaban J connectivity index is 1.77. The molecule has 0 saturated carbocycles. The third-order valence-corrected chi connectivity index (χ3v) is 5.05. The summed E-state index contributed by atoms with van der Waals surface area (Å²) >= 11 is 0. The first-order valence-corrected chi connectivity index (χ1v) is 8.00. The highest BCUT2D eigenvalue weighted by molar-refractivity contribution is 5.79. The lowest BCUT2D eigenvalue weighted by Gasteiger charge is -2.32. The first kappa shape index (κ1) is 16.3. The maximum atomic E-state index is 12.3. The summed E-state index contributed by atoms with van der Waals surface area (Å²) in [6, 6.07) is 0. The zero-order chi connectivity index (χ0) is 15.6. The Labute approximate surface area is 127 Å². The van der Waals surface area contributed by atoms with Crippen molar-refractivity contribution in [2.45, 2.75) is 40.0 Å². The average Bonchev–Trinajstić information content (AvgIpc) is 2.87. The lowest BCUT2D eigenvalue weighted by atomic mass is 9.80. The molecule has 0 radical (unpaired) electrons. The van der Waals surface area contributed by atoms with Gasteiger partial charge in [-0.3, -0.25) is 14.5 Å². The number of hydrogen-bond acceptors (Lipinski definition) is 3. The summed E-state index contributed by atoms with van der Waals surface area (Å²) in [7, 11) is 0. The van der Waals surface area contributed by atoms with Crippen molar-refractivity contribution < 1.29 is 14.7 Å². The molecule has 0 aromatic heterocycles. The van der Waals surface area contributed by atoms with Crippen LogP contribution >= 0.6 is 0 Å². The van der Waals surface area contributed by atoms with E-state index in [0.29, 0.717) is 43.8 Å². The number of carboxylic acid groups (broad SMARTS) is 1. The minimum atomic E-state index is -0.727. The molecule has 1 amide bonds. The first-order valence-electron chi connectivity index (χ1n) is 8.00. The van der Waals surface area contributed by atoms with Crippen molar-refractivity contribution in [1.82, 2.24) is 9.80 Å². The summed E-state index contributed by atoms with van der Waals surface area (Å²) in [6.07, 6.45) is 2.34.